The van der Waals surface area contributed by atoms with Gasteiger partial charge in [-0.1, -0.05) is 0 Å². The highest BCUT2D eigenvalue weighted by Crippen LogP contribution is 2.01. The van der Waals surface area contributed by atoms with E-state index in [9.17, 15) is 0 Å². The Morgan fingerprint density at radius 3 is 3.09 bits per heavy atom. The number of nitrogens with zero attached hydrogens (tertiary/aromatic N) is 2. The van der Waals surface area contributed by atoms with Crippen LogP contribution in [0.25, 0.3) is 6.08 Å². The molecule has 0 amide bonds. The SMILES string of the molecule is Cc1cc(/C=C/C#N)ccn1. The third kappa shape index (κ3) is 2.23. The molecule has 0 spiro atoms. The van der Waals surface area contributed by atoms with E-state index in [4.69, 9.17) is 5.26 Å². The molecule has 0 saturated heterocycles. The summed E-state index contributed by atoms with van der Waals surface area (Å²) in [5.41, 5.74) is 1.98. The van der Waals surface area contributed by atoms with Crippen LogP contribution in [0.15, 0.2) is 24.4 Å². The normalized spacial score (nSPS) is 9.82. The molecule has 0 aliphatic rings. The molecule has 54 valence electrons. The Morgan fingerprint density at radius 2 is 2.45 bits per heavy atom. The fourth-order valence-electron chi connectivity index (χ4n) is 0.805. The van der Waals surface area contributed by atoms with Gasteiger partial charge in [-0.2, -0.15) is 5.26 Å². The van der Waals surface area contributed by atoms with Crippen molar-refractivity contribution >= 4 is 6.08 Å². The van der Waals surface area contributed by atoms with Crippen LogP contribution in [0.4, 0.5) is 0 Å². The zero-order chi connectivity index (χ0) is 8.10. The fraction of sp³-hybridized carbons (Fsp3) is 0.111. The highest BCUT2D eigenvalue weighted by Gasteiger charge is 1.86. The first kappa shape index (κ1) is 7.49. The summed E-state index contributed by atoms with van der Waals surface area (Å²) in [6.07, 6.45) is 4.94. The molecule has 0 aliphatic heterocycles. The topological polar surface area (TPSA) is 36.7 Å². The molecule has 0 atom stereocenters. The van der Waals surface area contributed by atoms with Gasteiger partial charge >= 0.3 is 0 Å². The standard InChI is InChI=1S/C9H8N2/c1-8-7-9(3-2-5-10)4-6-11-8/h2-4,6-7H,1H3/b3-2+. The van der Waals surface area contributed by atoms with Crippen molar-refractivity contribution in [3.63, 3.8) is 0 Å². The molecule has 1 heterocycles. The van der Waals surface area contributed by atoms with Crippen molar-refractivity contribution < 1.29 is 0 Å². The minimum Gasteiger partial charge on any atom is -0.262 e. The van der Waals surface area contributed by atoms with Gasteiger partial charge < -0.3 is 0 Å². The van der Waals surface area contributed by atoms with E-state index in [2.05, 4.69) is 4.98 Å². The quantitative estimate of drug-likeness (QED) is 0.564. The zero-order valence-corrected chi connectivity index (χ0v) is 6.28. The first-order valence-electron chi connectivity index (χ1n) is 3.32. The van der Waals surface area contributed by atoms with Crippen molar-refractivity contribution in [1.82, 2.24) is 4.98 Å². The number of allylic oxidation sites excluding steroid dienone is 1. The van der Waals surface area contributed by atoms with Gasteiger partial charge in [-0.15, -0.1) is 0 Å². The van der Waals surface area contributed by atoms with E-state index in [-0.39, 0.29) is 0 Å². The van der Waals surface area contributed by atoms with Crippen molar-refractivity contribution in [1.29, 1.82) is 5.26 Å². The highest BCUT2D eigenvalue weighted by atomic mass is 14.6. The summed E-state index contributed by atoms with van der Waals surface area (Å²) in [5, 5.41) is 8.24. The fourth-order valence-corrected chi connectivity index (χ4v) is 0.805. The summed E-state index contributed by atoms with van der Waals surface area (Å²) in [5.74, 6) is 0. The Kier molecular flexibility index (Phi) is 2.40. The van der Waals surface area contributed by atoms with E-state index in [1.54, 1.807) is 12.3 Å². The highest BCUT2D eigenvalue weighted by molar-refractivity contribution is 5.51. The van der Waals surface area contributed by atoms with Gasteiger partial charge in [0.1, 0.15) is 0 Å². The average molecular weight is 144 g/mol. The summed E-state index contributed by atoms with van der Waals surface area (Å²) >= 11 is 0. The van der Waals surface area contributed by atoms with Crippen LogP contribution < -0.4 is 0 Å². The molecule has 0 radical (unpaired) electrons. The van der Waals surface area contributed by atoms with Crippen LogP contribution >= 0.6 is 0 Å². The minimum absolute atomic E-state index is 0.963. The number of aromatic nitrogens is 1. The molecule has 1 aromatic rings. The molecule has 0 saturated carbocycles. The third-order valence-corrected chi connectivity index (χ3v) is 1.27. The van der Waals surface area contributed by atoms with Crippen LogP contribution in [0, 0.1) is 18.3 Å². The Hall–Kier alpha value is -1.62. The zero-order valence-electron chi connectivity index (χ0n) is 6.28. The van der Waals surface area contributed by atoms with Gasteiger partial charge in [0.25, 0.3) is 0 Å². The minimum atomic E-state index is 0.963. The van der Waals surface area contributed by atoms with Crippen molar-refractivity contribution in [3.8, 4) is 6.07 Å². The molecule has 0 unspecified atom stereocenters. The molecule has 0 bridgehead atoms. The van der Waals surface area contributed by atoms with Gasteiger partial charge in [0.15, 0.2) is 0 Å². The molecule has 2 heteroatoms. The second-order valence-electron chi connectivity index (χ2n) is 2.19. The lowest BCUT2D eigenvalue weighted by atomic mass is 10.2. The van der Waals surface area contributed by atoms with Crippen LogP contribution in [-0.2, 0) is 0 Å². The smallest absolute Gasteiger partial charge is 0.0912 e. The molecule has 2 nitrogen and oxygen atoms in total. The molecule has 0 fully saturated rings. The Labute approximate surface area is 65.8 Å². The second kappa shape index (κ2) is 3.52. The molecule has 1 rings (SSSR count). The van der Waals surface area contributed by atoms with Crippen LogP contribution in [0.3, 0.4) is 0 Å². The lowest BCUT2D eigenvalue weighted by molar-refractivity contribution is 1.20. The third-order valence-electron chi connectivity index (χ3n) is 1.27. The summed E-state index contributed by atoms with van der Waals surface area (Å²) in [6.45, 7) is 1.92. The number of nitriles is 1. The number of hydrogen-bond acceptors (Lipinski definition) is 2. The van der Waals surface area contributed by atoms with Crippen molar-refractivity contribution in [2.45, 2.75) is 6.92 Å². The number of aryl methyl sites for hydroxylation is 1. The van der Waals surface area contributed by atoms with Gasteiger partial charge in [0.05, 0.1) is 6.07 Å². The molecule has 0 aromatic carbocycles. The summed E-state index contributed by atoms with van der Waals surface area (Å²) in [4.78, 5) is 4.03. The van der Waals surface area contributed by atoms with Crippen molar-refractivity contribution in [3.05, 3.63) is 35.7 Å². The number of hydrogen-bond donors (Lipinski definition) is 0. The maximum atomic E-state index is 8.24. The molecular weight excluding hydrogens is 136 g/mol. The van der Waals surface area contributed by atoms with Crippen LogP contribution in [0.1, 0.15) is 11.3 Å². The molecule has 0 N–H and O–H groups in total. The van der Waals surface area contributed by atoms with E-state index >= 15 is 0 Å². The Bertz CT molecular complexity index is 308. The van der Waals surface area contributed by atoms with E-state index in [0.29, 0.717) is 0 Å². The van der Waals surface area contributed by atoms with Crippen LogP contribution in [0.5, 0.6) is 0 Å². The van der Waals surface area contributed by atoms with E-state index in [0.717, 1.165) is 11.3 Å². The van der Waals surface area contributed by atoms with Gasteiger partial charge in [-0.3, -0.25) is 4.98 Å². The largest absolute Gasteiger partial charge is 0.262 e. The maximum Gasteiger partial charge on any atom is 0.0912 e. The summed E-state index contributed by atoms with van der Waals surface area (Å²) in [6, 6.07) is 5.72. The van der Waals surface area contributed by atoms with Crippen molar-refractivity contribution in [2.75, 3.05) is 0 Å². The van der Waals surface area contributed by atoms with Crippen LogP contribution in [-0.4, -0.2) is 4.98 Å². The van der Waals surface area contributed by atoms with Crippen molar-refractivity contribution in [2.24, 2.45) is 0 Å². The molecule has 1 aromatic heterocycles. The first-order chi connectivity index (χ1) is 5.33. The average Bonchev–Trinajstić information content (AvgIpc) is 2.01. The predicted molar refractivity (Wildman–Crippen MR) is 43.6 cm³/mol. The molecular formula is C9H8N2. The summed E-state index contributed by atoms with van der Waals surface area (Å²) in [7, 11) is 0. The lowest BCUT2D eigenvalue weighted by Crippen LogP contribution is -1.79. The molecule has 11 heavy (non-hydrogen) atoms. The van der Waals surface area contributed by atoms with Gasteiger partial charge in [-0.25, -0.2) is 0 Å². The number of rotatable bonds is 1. The Balaban J connectivity index is 2.90. The lowest BCUT2D eigenvalue weighted by Gasteiger charge is -1.92. The predicted octanol–water partition coefficient (Wildman–Crippen LogP) is 1.93. The van der Waals surface area contributed by atoms with Gasteiger partial charge in [-0.05, 0) is 30.7 Å². The van der Waals surface area contributed by atoms with E-state index < -0.39 is 0 Å². The van der Waals surface area contributed by atoms with E-state index in [1.807, 2.05) is 25.1 Å². The summed E-state index contributed by atoms with van der Waals surface area (Å²) < 4.78 is 0. The first-order valence-corrected chi connectivity index (χ1v) is 3.32. The van der Waals surface area contributed by atoms with Gasteiger partial charge in [0, 0.05) is 18.0 Å². The van der Waals surface area contributed by atoms with Gasteiger partial charge in [0.2, 0.25) is 0 Å². The monoisotopic (exact) mass is 144 g/mol. The number of pyridine rings is 1. The Morgan fingerprint density at radius 1 is 1.64 bits per heavy atom. The van der Waals surface area contributed by atoms with E-state index in [1.165, 1.54) is 6.08 Å². The second-order valence-corrected chi connectivity index (χ2v) is 2.19. The maximum absolute atomic E-state index is 8.24. The molecule has 0 aliphatic carbocycles. The van der Waals surface area contributed by atoms with Crippen LogP contribution in [0.2, 0.25) is 0 Å².